The number of H-pyrrole nitrogens is 1. The Morgan fingerprint density at radius 1 is 1.56 bits per heavy atom. The van der Waals surface area contributed by atoms with E-state index in [1.165, 1.54) is 0 Å². The van der Waals surface area contributed by atoms with E-state index < -0.39 is 0 Å². The molecule has 2 aromatic rings. The highest BCUT2D eigenvalue weighted by Crippen LogP contribution is 2.19. The Bertz CT molecular complexity index is 644. The normalized spacial score (nSPS) is 11.1. The molecule has 18 heavy (non-hydrogen) atoms. The van der Waals surface area contributed by atoms with Gasteiger partial charge in [-0.05, 0) is 44.3 Å². The lowest BCUT2D eigenvalue weighted by molar-refractivity contribution is -0.122. The number of benzene rings is 1. The van der Waals surface area contributed by atoms with Gasteiger partial charge < -0.3 is 14.9 Å². The van der Waals surface area contributed by atoms with Crippen molar-refractivity contribution >= 4 is 45.1 Å². The molecule has 1 aromatic heterocycles. The van der Waals surface area contributed by atoms with E-state index in [1.807, 2.05) is 32.0 Å². The predicted octanol–water partition coefficient (Wildman–Crippen LogP) is 2.99. The number of nitrogens with zero attached hydrogens (tertiary/aromatic N) is 1. The minimum atomic E-state index is -0.0398. The third-order valence-electron chi connectivity index (χ3n) is 2.49. The summed E-state index contributed by atoms with van der Waals surface area (Å²) in [6.45, 7) is 4.10. The summed E-state index contributed by atoms with van der Waals surface area (Å²) in [6, 6.07) is 5.95. The molecule has 1 aromatic carbocycles. The SMILES string of the molecule is CC(C)NC(=O)Cn1c(=S)[nH]c2ccc(Br)cc21. The lowest BCUT2D eigenvalue weighted by Gasteiger charge is -2.09. The van der Waals surface area contributed by atoms with E-state index in [-0.39, 0.29) is 18.5 Å². The number of hydrogen-bond acceptors (Lipinski definition) is 2. The maximum Gasteiger partial charge on any atom is 0.240 e. The number of aromatic amines is 1. The smallest absolute Gasteiger partial charge is 0.240 e. The van der Waals surface area contributed by atoms with Crippen molar-refractivity contribution in [1.29, 1.82) is 0 Å². The second-order valence-corrected chi connectivity index (χ2v) is 5.70. The van der Waals surface area contributed by atoms with Crippen LogP contribution in [0.15, 0.2) is 22.7 Å². The van der Waals surface area contributed by atoms with Crippen molar-refractivity contribution < 1.29 is 4.79 Å². The molecule has 0 aliphatic heterocycles. The van der Waals surface area contributed by atoms with E-state index >= 15 is 0 Å². The first kappa shape index (κ1) is 13.3. The summed E-state index contributed by atoms with van der Waals surface area (Å²) >= 11 is 8.66. The van der Waals surface area contributed by atoms with Crippen molar-refractivity contribution in [3.8, 4) is 0 Å². The van der Waals surface area contributed by atoms with E-state index in [9.17, 15) is 4.79 Å². The van der Waals surface area contributed by atoms with Gasteiger partial charge in [-0.1, -0.05) is 15.9 Å². The second kappa shape index (κ2) is 5.24. The Morgan fingerprint density at radius 3 is 2.94 bits per heavy atom. The average Bonchev–Trinajstić information content (AvgIpc) is 2.55. The standard InChI is InChI=1S/C12H14BrN3OS/c1-7(2)14-11(17)6-16-10-5-8(13)3-4-9(10)15-12(16)18/h3-5,7H,6H2,1-2H3,(H,14,17)(H,15,18). The van der Waals surface area contributed by atoms with Crippen LogP contribution in [0, 0.1) is 4.77 Å². The Balaban J connectivity index is 2.38. The fourth-order valence-corrected chi connectivity index (χ4v) is 2.42. The predicted molar refractivity (Wildman–Crippen MR) is 78.1 cm³/mol. The number of aromatic nitrogens is 2. The highest BCUT2D eigenvalue weighted by molar-refractivity contribution is 9.10. The monoisotopic (exact) mass is 327 g/mol. The number of nitrogens with one attached hydrogen (secondary N) is 2. The molecule has 0 unspecified atom stereocenters. The van der Waals surface area contributed by atoms with Crippen LogP contribution in [-0.2, 0) is 11.3 Å². The Hall–Kier alpha value is -1.14. The molecule has 0 saturated heterocycles. The van der Waals surface area contributed by atoms with Gasteiger partial charge in [-0.25, -0.2) is 0 Å². The summed E-state index contributed by atoms with van der Waals surface area (Å²) in [5.74, 6) is -0.0398. The van der Waals surface area contributed by atoms with Gasteiger partial charge in [-0.3, -0.25) is 4.79 Å². The van der Waals surface area contributed by atoms with Crippen LogP contribution in [0.3, 0.4) is 0 Å². The molecule has 4 nitrogen and oxygen atoms in total. The minimum absolute atomic E-state index is 0.0398. The molecule has 96 valence electrons. The minimum Gasteiger partial charge on any atom is -0.352 e. The molecule has 2 rings (SSSR count). The van der Waals surface area contributed by atoms with Crippen molar-refractivity contribution in [2.45, 2.75) is 26.4 Å². The summed E-state index contributed by atoms with van der Waals surface area (Å²) in [7, 11) is 0. The number of rotatable bonds is 3. The Morgan fingerprint density at radius 2 is 2.28 bits per heavy atom. The van der Waals surface area contributed by atoms with E-state index in [0.717, 1.165) is 15.5 Å². The lowest BCUT2D eigenvalue weighted by atomic mass is 10.3. The van der Waals surface area contributed by atoms with Crippen LogP contribution >= 0.6 is 28.1 Å². The van der Waals surface area contributed by atoms with E-state index in [0.29, 0.717) is 4.77 Å². The topological polar surface area (TPSA) is 49.8 Å². The van der Waals surface area contributed by atoms with Crippen LogP contribution in [0.2, 0.25) is 0 Å². The van der Waals surface area contributed by atoms with Gasteiger partial charge >= 0.3 is 0 Å². The number of imidazole rings is 1. The molecular formula is C12H14BrN3OS. The molecule has 0 bridgehead atoms. The van der Waals surface area contributed by atoms with E-state index in [1.54, 1.807) is 4.57 Å². The maximum atomic E-state index is 11.8. The molecule has 0 aliphatic rings. The van der Waals surface area contributed by atoms with Crippen LogP contribution in [0.1, 0.15) is 13.8 Å². The van der Waals surface area contributed by atoms with Crippen molar-refractivity contribution in [1.82, 2.24) is 14.9 Å². The zero-order chi connectivity index (χ0) is 13.3. The molecule has 6 heteroatoms. The fourth-order valence-electron chi connectivity index (χ4n) is 1.79. The largest absolute Gasteiger partial charge is 0.352 e. The summed E-state index contributed by atoms with van der Waals surface area (Å²) < 4.78 is 3.32. The third kappa shape index (κ3) is 2.81. The summed E-state index contributed by atoms with van der Waals surface area (Å²) in [4.78, 5) is 14.9. The average molecular weight is 328 g/mol. The van der Waals surface area contributed by atoms with Crippen LogP contribution in [0.25, 0.3) is 11.0 Å². The lowest BCUT2D eigenvalue weighted by Crippen LogP contribution is -2.33. The Kier molecular flexibility index (Phi) is 3.87. The van der Waals surface area contributed by atoms with Crippen molar-refractivity contribution in [2.24, 2.45) is 0 Å². The number of amides is 1. The zero-order valence-corrected chi connectivity index (χ0v) is 12.6. The molecule has 0 atom stereocenters. The van der Waals surface area contributed by atoms with Gasteiger partial charge in [0, 0.05) is 10.5 Å². The van der Waals surface area contributed by atoms with Gasteiger partial charge in [0.1, 0.15) is 6.54 Å². The number of halogens is 1. The quantitative estimate of drug-likeness (QED) is 0.851. The molecule has 0 spiro atoms. The highest BCUT2D eigenvalue weighted by atomic mass is 79.9. The summed E-state index contributed by atoms with van der Waals surface area (Å²) in [5, 5.41) is 2.86. The van der Waals surface area contributed by atoms with Gasteiger partial charge in [-0.15, -0.1) is 0 Å². The van der Waals surface area contributed by atoms with Crippen molar-refractivity contribution in [3.63, 3.8) is 0 Å². The molecule has 0 saturated carbocycles. The second-order valence-electron chi connectivity index (χ2n) is 4.40. The first-order valence-electron chi connectivity index (χ1n) is 5.65. The van der Waals surface area contributed by atoms with E-state index in [2.05, 4.69) is 26.2 Å². The van der Waals surface area contributed by atoms with Crippen LogP contribution < -0.4 is 5.32 Å². The summed E-state index contributed by atoms with van der Waals surface area (Å²) in [5.41, 5.74) is 1.86. The fraction of sp³-hybridized carbons (Fsp3) is 0.333. The number of hydrogen-bond donors (Lipinski definition) is 2. The molecule has 1 amide bonds. The first-order chi connectivity index (χ1) is 8.47. The number of carbonyl (C=O) groups is 1. The molecule has 0 aliphatic carbocycles. The highest BCUT2D eigenvalue weighted by Gasteiger charge is 2.09. The van der Waals surface area contributed by atoms with Gasteiger partial charge in [-0.2, -0.15) is 0 Å². The molecule has 2 N–H and O–H groups in total. The van der Waals surface area contributed by atoms with Gasteiger partial charge in [0.15, 0.2) is 4.77 Å². The van der Waals surface area contributed by atoms with Gasteiger partial charge in [0.25, 0.3) is 0 Å². The van der Waals surface area contributed by atoms with Crippen LogP contribution in [-0.4, -0.2) is 21.5 Å². The molecule has 1 heterocycles. The number of carbonyl (C=O) groups excluding carboxylic acids is 1. The van der Waals surface area contributed by atoms with E-state index in [4.69, 9.17) is 12.2 Å². The number of fused-ring (bicyclic) bond motifs is 1. The van der Waals surface area contributed by atoms with Crippen molar-refractivity contribution in [3.05, 3.63) is 27.4 Å². The molecular weight excluding hydrogens is 314 g/mol. The Labute approximate surface area is 119 Å². The van der Waals surface area contributed by atoms with Crippen LogP contribution in [0.4, 0.5) is 0 Å². The summed E-state index contributed by atoms with van der Waals surface area (Å²) in [6.07, 6.45) is 0. The third-order valence-corrected chi connectivity index (χ3v) is 3.30. The molecule has 0 radical (unpaired) electrons. The van der Waals surface area contributed by atoms with Gasteiger partial charge in [0.2, 0.25) is 5.91 Å². The first-order valence-corrected chi connectivity index (χ1v) is 6.85. The molecule has 0 fully saturated rings. The zero-order valence-electron chi connectivity index (χ0n) is 10.2. The van der Waals surface area contributed by atoms with Crippen molar-refractivity contribution in [2.75, 3.05) is 0 Å². The van der Waals surface area contributed by atoms with Gasteiger partial charge in [0.05, 0.1) is 11.0 Å². The maximum absolute atomic E-state index is 11.8. The van der Waals surface area contributed by atoms with Crippen LogP contribution in [0.5, 0.6) is 0 Å².